The average molecular weight is 281 g/mol. The summed E-state index contributed by atoms with van der Waals surface area (Å²) in [5.41, 5.74) is 0.909. The van der Waals surface area contributed by atoms with Crippen LogP contribution in [-0.2, 0) is 11.2 Å². The molecule has 0 spiro atoms. The van der Waals surface area contributed by atoms with Gasteiger partial charge in [0, 0.05) is 24.2 Å². The SMILES string of the molecule is CCN(CC1CCCN1)C(=O)Cc1ccccc1Cl. The monoisotopic (exact) mass is 280 g/mol. The summed E-state index contributed by atoms with van der Waals surface area (Å²) >= 11 is 6.10. The van der Waals surface area contributed by atoms with Crippen molar-refractivity contribution >= 4 is 17.5 Å². The van der Waals surface area contributed by atoms with E-state index in [9.17, 15) is 4.79 Å². The van der Waals surface area contributed by atoms with Crippen molar-refractivity contribution in [1.29, 1.82) is 0 Å². The molecule has 1 heterocycles. The Balaban J connectivity index is 1.94. The largest absolute Gasteiger partial charge is 0.341 e. The molecule has 1 saturated heterocycles. The van der Waals surface area contributed by atoms with Gasteiger partial charge in [0.25, 0.3) is 0 Å². The Morgan fingerprint density at radius 1 is 1.47 bits per heavy atom. The zero-order chi connectivity index (χ0) is 13.7. The first kappa shape index (κ1) is 14.4. The molecule has 0 radical (unpaired) electrons. The number of rotatable bonds is 5. The highest BCUT2D eigenvalue weighted by Crippen LogP contribution is 2.16. The maximum atomic E-state index is 12.3. The minimum atomic E-state index is 0.157. The van der Waals surface area contributed by atoms with Crippen molar-refractivity contribution in [1.82, 2.24) is 10.2 Å². The Labute approximate surface area is 119 Å². The summed E-state index contributed by atoms with van der Waals surface area (Å²) in [6.45, 7) is 4.65. The first-order chi connectivity index (χ1) is 9.20. The van der Waals surface area contributed by atoms with Crippen molar-refractivity contribution in [2.45, 2.75) is 32.2 Å². The number of carbonyl (C=O) groups excluding carboxylic acids is 1. The fraction of sp³-hybridized carbons (Fsp3) is 0.533. The zero-order valence-corrected chi connectivity index (χ0v) is 12.1. The molecule has 104 valence electrons. The van der Waals surface area contributed by atoms with E-state index >= 15 is 0 Å². The summed E-state index contributed by atoms with van der Waals surface area (Å²) < 4.78 is 0. The second-order valence-corrected chi connectivity index (χ2v) is 5.40. The quantitative estimate of drug-likeness (QED) is 0.899. The second-order valence-electron chi connectivity index (χ2n) is 4.99. The molecule has 0 bridgehead atoms. The van der Waals surface area contributed by atoms with E-state index in [1.165, 1.54) is 6.42 Å². The van der Waals surface area contributed by atoms with E-state index in [4.69, 9.17) is 11.6 Å². The minimum Gasteiger partial charge on any atom is -0.341 e. The number of amides is 1. The van der Waals surface area contributed by atoms with Gasteiger partial charge in [-0.25, -0.2) is 0 Å². The van der Waals surface area contributed by atoms with Crippen LogP contribution < -0.4 is 5.32 Å². The van der Waals surface area contributed by atoms with Gasteiger partial charge in [-0.3, -0.25) is 4.79 Å². The van der Waals surface area contributed by atoms with Crippen molar-refractivity contribution in [3.8, 4) is 0 Å². The van der Waals surface area contributed by atoms with Crippen LogP contribution >= 0.6 is 11.6 Å². The van der Waals surface area contributed by atoms with E-state index in [1.807, 2.05) is 36.1 Å². The van der Waals surface area contributed by atoms with Gasteiger partial charge in [0.05, 0.1) is 6.42 Å². The molecule has 0 aliphatic carbocycles. The van der Waals surface area contributed by atoms with Gasteiger partial charge in [-0.1, -0.05) is 29.8 Å². The van der Waals surface area contributed by atoms with Crippen molar-refractivity contribution in [2.24, 2.45) is 0 Å². The predicted molar refractivity (Wildman–Crippen MR) is 78.4 cm³/mol. The molecule has 4 heteroatoms. The van der Waals surface area contributed by atoms with Crippen LogP contribution in [0.25, 0.3) is 0 Å². The molecule has 1 atom stereocenters. The first-order valence-electron chi connectivity index (χ1n) is 6.95. The van der Waals surface area contributed by atoms with E-state index in [-0.39, 0.29) is 5.91 Å². The minimum absolute atomic E-state index is 0.157. The number of nitrogens with one attached hydrogen (secondary N) is 1. The molecule has 2 rings (SSSR count). The Morgan fingerprint density at radius 2 is 2.26 bits per heavy atom. The Kier molecular flexibility index (Phi) is 5.23. The van der Waals surface area contributed by atoms with Crippen molar-refractivity contribution < 1.29 is 4.79 Å². The number of nitrogens with zero attached hydrogens (tertiary/aromatic N) is 1. The maximum absolute atomic E-state index is 12.3. The molecule has 0 saturated carbocycles. The van der Waals surface area contributed by atoms with Gasteiger partial charge in [-0.05, 0) is 37.9 Å². The molecule has 1 aromatic rings. The molecule has 0 aromatic heterocycles. The lowest BCUT2D eigenvalue weighted by molar-refractivity contribution is -0.130. The number of halogens is 1. The van der Waals surface area contributed by atoms with Crippen LogP contribution in [0.1, 0.15) is 25.3 Å². The summed E-state index contributed by atoms with van der Waals surface area (Å²) in [4.78, 5) is 14.2. The van der Waals surface area contributed by atoms with Gasteiger partial charge >= 0.3 is 0 Å². The molecule has 1 fully saturated rings. The van der Waals surface area contributed by atoms with Crippen LogP contribution in [0.2, 0.25) is 5.02 Å². The lowest BCUT2D eigenvalue weighted by atomic mass is 10.1. The highest BCUT2D eigenvalue weighted by Gasteiger charge is 2.20. The predicted octanol–water partition coefficient (Wildman–Crippen LogP) is 2.48. The van der Waals surface area contributed by atoms with Gasteiger partial charge in [0.2, 0.25) is 5.91 Å². The average Bonchev–Trinajstić information content (AvgIpc) is 2.91. The van der Waals surface area contributed by atoms with E-state index < -0.39 is 0 Å². The standard InChI is InChI=1S/C15H21ClN2O/c1-2-18(11-13-7-5-9-17-13)15(19)10-12-6-3-4-8-14(12)16/h3-4,6,8,13,17H,2,5,7,9-11H2,1H3. The molecule has 3 nitrogen and oxygen atoms in total. The highest BCUT2D eigenvalue weighted by atomic mass is 35.5. The molecular weight excluding hydrogens is 260 g/mol. The van der Waals surface area contributed by atoms with Crippen LogP contribution in [0.3, 0.4) is 0 Å². The van der Waals surface area contributed by atoms with Gasteiger partial charge < -0.3 is 10.2 Å². The second kappa shape index (κ2) is 6.92. The normalized spacial score (nSPS) is 18.5. The summed E-state index contributed by atoms with van der Waals surface area (Å²) in [5, 5.41) is 4.10. The Morgan fingerprint density at radius 3 is 2.89 bits per heavy atom. The third-order valence-electron chi connectivity index (χ3n) is 3.64. The Bertz CT molecular complexity index is 430. The molecule has 19 heavy (non-hydrogen) atoms. The highest BCUT2D eigenvalue weighted by molar-refractivity contribution is 6.31. The van der Waals surface area contributed by atoms with Crippen LogP contribution in [-0.4, -0.2) is 36.5 Å². The molecule has 1 aliphatic rings. The van der Waals surface area contributed by atoms with Crippen LogP contribution in [0.5, 0.6) is 0 Å². The van der Waals surface area contributed by atoms with Gasteiger partial charge in [0.15, 0.2) is 0 Å². The molecule has 1 amide bonds. The first-order valence-corrected chi connectivity index (χ1v) is 7.33. The van der Waals surface area contributed by atoms with Crippen molar-refractivity contribution in [3.63, 3.8) is 0 Å². The Hall–Kier alpha value is -1.06. The number of carbonyl (C=O) groups is 1. The number of benzene rings is 1. The summed E-state index contributed by atoms with van der Waals surface area (Å²) in [7, 11) is 0. The van der Waals surface area contributed by atoms with Gasteiger partial charge in [-0.2, -0.15) is 0 Å². The van der Waals surface area contributed by atoms with Gasteiger partial charge in [0.1, 0.15) is 0 Å². The number of likely N-dealkylation sites (N-methyl/N-ethyl adjacent to an activating group) is 1. The van der Waals surface area contributed by atoms with E-state index in [0.717, 1.165) is 31.6 Å². The lowest BCUT2D eigenvalue weighted by Gasteiger charge is -2.24. The lowest BCUT2D eigenvalue weighted by Crippen LogP contribution is -2.41. The van der Waals surface area contributed by atoms with Crippen molar-refractivity contribution in [3.05, 3.63) is 34.9 Å². The van der Waals surface area contributed by atoms with E-state index in [1.54, 1.807) is 0 Å². The smallest absolute Gasteiger partial charge is 0.227 e. The zero-order valence-electron chi connectivity index (χ0n) is 11.4. The molecular formula is C15H21ClN2O. The summed E-state index contributed by atoms with van der Waals surface area (Å²) in [5.74, 6) is 0.157. The van der Waals surface area contributed by atoms with Gasteiger partial charge in [-0.15, -0.1) is 0 Å². The van der Waals surface area contributed by atoms with E-state index in [2.05, 4.69) is 5.32 Å². The molecule has 1 aromatic carbocycles. The van der Waals surface area contributed by atoms with Crippen LogP contribution in [0, 0.1) is 0 Å². The van der Waals surface area contributed by atoms with Crippen molar-refractivity contribution in [2.75, 3.05) is 19.6 Å². The summed E-state index contributed by atoms with van der Waals surface area (Å²) in [6.07, 6.45) is 2.76. The van der Waals surface area contributed by atoms with Crippen LogP contribution in [0.4, 0.5) is 0 Å². The van der Waals surface area contributed by atoms with E-state index in [0.29, 0.717) is 17.5 Å². The van der Waals surface area contributed by atoms with Crippen LogP contribution in [0.15, 0.2) is 24.3 Å². The molecule has 1 unspecified atom stereocenters. The number of hydrogen-bond donors (Lipinski definition) is 1. The third-order valence-corrected chi connectivity index (χ3v) is 4.01. The third kappa shape index (κ3) is 3.95. The molecule has 1 aliphatic heterocycles. The summed E-state index contributed by atoms with van der Waals surface area (Å²) in [6, 6.07) is 8.01. The molecule has 1 N–H and O–H groups in total. The maximum Gasteiger partial charge on any atom is 0.227 e. The topological polar surface area (TPSA) is 32.3 Å². The fourth-order valence-electron chi connectivity index (χ4n) is 2.50. The number of hydrogen-bond acceptors (Lipinski definition) is 2. The fourth-order valence-corrected chi connectivity index (χ4v) is 2.70.